The van der Waals surface area contributed by atoms with Crippen LogP contribution < -0.4 is 4.90 Å². The Morgan fingerprint density at radius 2 is 2.14 bits per heavy atom. The van der Waals surface area contributed by atoms with Gasteiger partial charge in [0.25, 0.3) is 0 Å². The summed E-state index contributed by atoms with van der Waals surface area (Å²) in [6.07, 6.45) is 5.77. The monoisotopic (exact) mass is 380 g/mol. The Bertz CT molecular complexity index is 944. The van der Waals surface area contributed by atoms with Gasteiger partial charge in [-0.2, -0.15) is 5.26 Å². The highest BCUT2D eigenvalue weighted by molar-refractivity contribution is 6.05. The summed E-state index contributed by atoms with van der Waals surface area (Å²) < 4.78 is 0. The standard InChI is InChI=1S/C20H24N6O2/c1-12-6-8-26(20(28)15(9-21)17(27)13-3-4-13)10-16(12)25(2)19-14-5-7-22-18(14)23-11-24-19/h5,7,11-13,15-16H,3-4,6,8,10H2,1-2H3,(H,22,23,24)/t12-,15?,16+/m1/s1. The van der Waals surface area contributed by atoms with Gasteiger partial charge in [0.15, 0.2) is 11.7 Å². The minimum atomic E-state index is -1.16. The lowest BCUT2D eigenvalue weighted by Crippen LogP contribution is -2.54. The molecule has 1 amide bonds. The second kappa shape index (κ2) is 7.23. The summed E-state index contributed by atoms with van der Waals surface area (Å²) in [6.45, 7) is 3.21. The van der Waals surface area contributed by atoms with Crippen molar-refractivity contribution in [3.05, 3.63) is 18.6 Å². The molecule has 1 saturated heterocycles. The van der Waals surface area contributed by atoms with E-state index in [2.05, 4.69) is 26.8 Å². The molecular formula is C20H24N6O2. The van der Waals surface area contributed by atoms with Crippen molar-refractivity contribution in [2.24, 2.45) is 17.8 Å². The van der Waals surface area contributed by atoms with E-state index < -0.39 is 5.92 Å². The normalized spacial score (nSPS) is 23.2. The van der Waals surface area contributed by atoms with E-state index in [0.717, 1.165) is 36.1 Å². The lowest BCUT2D eigenvalue weighted by Gasteiger charge is -2.42. The third-order valence-electron chi connectivity index (χ3n) is 6.04. The van der Waals surface area contributed by atoms with Crippen LogP contribution in [0.2, 0.25) is 0 Å². The molecule has 0 radical (unpaired) electrons. The fourth-order valence-corrected chi connectivity index (χ4v) is 4.08. The number of carbonyl (C=O) groups excluding carboxylic acids is 2. The molecule has 0 aromatic carbocycles. The number of anilines is 1. The van der Waals surface area contributed by atoms with Crippen molar-refractivity contribution >= 4 is 28.5 Å². The highest BCUT2D eigenvalue weighted by Gasteiger charge is 2.42. The number of amides is 1. The quantitative estimate of drug-likeness (QED) is 0.792. The largest absolute Gasteiger partial charge is 0.354 e. The van der Waals surface area contributed by atoms with Crippen molar-refractivity contribution < 1.29 is 9.59 Å². The number of ketones is 1. The van der Waals surface area contributed by atoms with E-state index in [1.165, 1.54) is 6.33 Å². The zero-order valence-corrected chi connectivity index (χ0v) is 16.1. The molecule has 0 spiro atoms. The number of hydrogen-bond donors (Lipinski definition) is 1. The molecule has 1 aliphatic carbocycles. The highest BCUT2D eigenvalue weighted by atomic mass is 16.2. The second-order valence-corrected chi connectivity index (χ2v) is 7.90. The van der Waals surface area contributed by atoms with Crippen molar-refractivity contribution in [2.75, 3.05) is 25.0 Å². The zero-order valence-electron chi connectivity index (χ0n) is 16.1. The van der Waals surface area contributed by atoms with Crippen molar-refractivity contribution in [1.29, 1.82) is 5.26 Å². The average Bonchev–Trinajstić information content (AvgIpc) is 3.44. The number of piperidine rings is 1. The Labute approximate surface area is 163 Å². The molecule has 146 valence electrons. The van der Waals surface area contributed by atoms with Gasteiger partial charge in [-0.25, -0.2) is 9.97 Å². The minimum Gasteiger partial charge on any atom is -0.354 e. The Morgan fingerprint density at radius 3 is 2.86 bits per heavy atom. The first-order valence-electron chi connectivity index (χ1n) is 9.74. The van der Waals surface area contributed by atoms with Crippen LogP contribution in [-0.4, -0.2) is 57.7 Å². The fourth-order valence-electron chi connectivity index (χ4n) is 4.08. The first-order valence-corrected chi connectivity index (χ1v) is 9.74. The fraction of sp³-hybridized carbons (Fsp3) is 0.550. The number of hydrogen-bond acceptors (Lipinski definition) is 6. The number of H-pyrrole nitrogens is 1. The van der Waals surface area contributed by atoms with Crippen LogP contribution in [0.5, 0.6) is 0 Å². The predicted molar refractivity (Wildman–Crippen MR) is 103 cm³/mol. The van der Waals surface area contributed by atoms with Gasteiger partial charge in [-0.3, -0.25) is 9.59 Å². The van der Waals surface area contributed by atoms with Crippen LogP contribution in [0.25, 0.3) is 11.0 Å². The van der Waals surface area contributed by atoms with Gasteiger partial charge in [-0.15, -0.1) is 0 Å². The first kappa shape index (κ1) is 18.4. The van der Waals surface area contributed by atoms with Crippen LogP contribution in [0.1, 0.15) is 26.2 Å². The third kappa shape index (κ3) is 3.21. The number of carbonyl (C=O) groups is 2. The van der Waals surface area contributed by atoms with Gasteiger partial charge in [0.2, 0.25) is 5.91 Å². The molecule has 4 rings (SSSR count). The maximum Gasteiger partial charge on any atom is 0.247 e. The van der Waals surface area contributed by atoms with Crippen LogP contribution >= 0.6 is 0 Å². The van der Waals surface area contributed by atoms with Gasteiger partial charge in [-0.05, 0) is 31.2 Å². The summed E-state index contributed by atoms with van der Waals surface area (Å²) >= 11 is 0. The Balaban J connectivity index is 1.54. The van der Waals surface area contributed by atoms with Crippen LogP contribution in [0.4, 0.5) is 5.82 Å². The number of rotatable bonds is 5. The average molecular weight is 380 g/mol. The molecule has 3 heterocycles. The molecule has 8 nitrogen and oxygen atoms in total. The molecule has 0 bridgehead atoms. The summed E-state index contributed by atoms with van der Waals surface area (Å²) in [5, 5.41) is 10.4. The van der Waals surface area contributed by atoms with E-state index in [-0.39, 0.29) is 23.7 Å². The summed E-state index contributed by atoms with van der Waals surface area (Å²) in [7, 11) is 1.97. The van der Waals surface area contributed by atoms with Crippen molar-refractivity contribution in [2.45, 2.75) is 32.2 Å². The number of aromatic amines is 1. The van der Waals surface area contributed by atoms with E-state index in [4.69, 9.17) is 0 Å². The number of nitriles is 1. The second-order valence-electron chi connectivity index (χ2n) is 7.90. The van der Waals surface area contributed by atoms with Gasteiger partial charge in [0.1, 0.15) is 17.8 Å². The highest BCUT2D eigenvalue weighted by Crippen LogP contribution is 2.34. The summed E-state index contributed by atoms with van der Waals surface area (Å²) in [4.78, 5) is 40.8. The van der Waals surface area contributed by atoms with E-state index in [0.29, 0.717) is 19.0 Å². The van der Waals surface area contributed by atoms with E-state index in [9.17, 15) is 14.9 Å². The number of likely N-dealkylation sites (N-methyl/N-ethyl adjacent to an activating group) is 1. The van der Waals surface area contributed by atoms with Crippen molar-refractivity contribution in [3.8, 4) is 6.07 Å². The molecule has 3 atom stereocenters. The van der Waals surface area contributed by atoms with Gasteiger partial charge in [0, 0.05) is 32.3 Å². The molecule has 28 heavy (non-hydrogen) atoms. The van der Waals surface area contributed by atoms with E-state index in [1.54, 1.807) is 4.90 Å². The van der Waals surface area contributed by atoms with Crippen LogP contribution in [0, 0.1) is 29.1 Å². The van der Waals surface area contributed by atoms with Crippen molar-refractivity contribution in [1.82, 2.24) is 19.9 Å². The number of nitrogens with zero attached hydrogens (tertiary/aromatic N) is 5. The van der Waals surface area contributed by atoms with Crippen molar-refractivity contribution in [3.63, 3.8) is 0 Å². The minimum absolute atomic E-state index is 0.0427. The first-order chi connectivity index (χ1) is 13.5. The summed E-state index contributed by atoms with van der Waals surface area (Å²) in [5.41, 5.74) is 0.771. The maximum atomic E-state index is 12.9. The van der Waals surface area contributed by atoms with Gasteiger partial charge < -0.3 is 14.8 Å². The van der Waals surface area contributed by atoms with Gasteiger partial charge >= 0.3 is 0 Å². The number of Topliss-reactive ketones (excluding diaryl/α,β-unsaturated/α-hetero) is 1. The molecule has 1 N–H and O–H groups in total. The number of nitrogens with one attached hydrogen (secondary N) is 1. The lowest BCUT2D eigenvalue weighted by molar-refractivity contribution is -0.140. The number of likely N-dealkylation sites (tertiary alicyclic amines) is 1. The molecule has 2 aliphatic rings. The lowest BCUT2D eigenvalue weighted by atomic mass is 9.90. The SMILES string of the molecule is C[C@@H]1CCN(C(=O)C(C#N)C(=O)C2CC2)C[C@@H]1N(C)c1ncnc2[nH]ccc12. The van der Waals surface area contributed by atoms with Crippen LogP contribution in [0.15, 0.2) is 18.6 Å². The van der Waals surface area contributed by atoms with E-state index >= 15 is 0 Å². The molecule has 1 aliphatic heterocycles. The topological polar surface area (TPSA) is 106 Å². The molecule has 1 unspecified atom stereocenters. The Kier molecular flexibility index (Phi) is 4.75. The maximum absolute atomic E-state index is 12.9. The van der Waals surface area contributed by atoms with Gasteiger partial charge in [-0.1, -0.05) is 6.92 Å². The summed E-state index contributed by atoms with van der Waals surface area (Å²) in [6, 6.07) is 3.93. The molecule has 2 aromatic rings. The van der Waals surface area contributed by atoms with E-state index in [1.807, 2.05) is 25.4 Å². The Morgan fingerprint density at radius 1 is 1.36 bits per heavy atom. The number of fused-ring (bicyclic) bond motifs is 1. The van der Waals surface area contributed by atoms with Crippen LogP contribution in [0.3, 0.4) is 0 Å². The molecule has 1 saturated carbocycles. The van der Waals surface area contributed by atoms with Gasteiger partial charge in [0.05, 0.1) is 17.5 Å². The van der Waals surface area contributed by atoms with Crippen LogP contribution in [-0.2, 0) is 9.59 Å². The molecular weight excluding hydrogens is 356 g/mol. The third-order valence-corrected chi connectivity index (χ3v) is 6.04. The Hall–Kier alpha value is -2.95. The predicted octanol–water partition coefficient (Wildman–Crippen LogP) is 1.75. The summed E-state index contributed by atoms with van der Waals surface area (Å²) in [5.74, 6) is -0.665. The zero-order chi connectivity index (χ0) is 19.8. The molecule has 2 fully saturated rings. The molecule has 8 heteroatoms. The smallest absolute Gasteiger partial charge is 0.247 e. The molecule has 2 aromatic heterocycles. The number of aromatic nitrogens is 3.